The monoisotopic (exact) mass is 258 g/mol. The van der Waals surface area contributed by atoms with Crippen LogP contribution in [0.15, 0.2) is 42.7 Å². The number of rotatable bonds is 5. The number of carbonyl (C=O) groups is 1. The number of aromatic carboxylic acids is 1. The van der Waals surface area contributed by atoms with Gasteiger partial charge in [0.1, 0.15) is 5.75 Å². The van der Waals surface area contributed by atoms with E-state index in [-0.39, 0.29) is 11.3 Å². The van der Waals surface area contributed by atoms with Crippen LogP contribution in [0.1, 0.15) is 15.9 Å². The number of hydrogen-bond donors (Lipinski definition) is 2. The Labute approximate surface area is 110 Å². The summed E-state index contributed by atoms with van der Waals surface area (Å²) in [5.41, 5.74) is 7.00. The van der Waals surface area contributed by atoms with Crippen molar-refractivity contribution >= 4 is 11.7 Å². The molecular formula is C14H14N2O3. The molecule has 19 heavy (non-hydrogen) atoms. The summed E-state index contributed by atoms with van der Waals surface area (Å²) in [6.45, 7) is 0.484. The number of aromatic nitrogens is 1. The van der Waals surface area contributed by atoms with E-state index in [0.29, 0.717) is 12.4 Å². The zero-order valence-corrected chi connectivity index (χ0v) is 10.2. The standard InChI is InChI=1S/C14H14N2O3/c15-13-8-11(3-4-12(13)14(17)18)19-7-5-10-2-1-6-16-9-10/h1-4,6,8-9H,5,7,15H2,(H,17,18). The van der Waals surface area contributed by atoms with Gasteiger partial charge in [0.15, 0.2) is 0 Å². The Morgan fingerprint density at radius 1 is 1.37 bits per heavy atom. The van der Waals surface area contributed by atoms with E-state index in [4.69, 9.17) is 15.6 Å². The van der Waals surface area contributed by atoms with Crippen molar-refractivity contribution in [3.05, 3.63) is 53.9 Å². The summed E-state index contributed by atoms with van der Waals surface area (Å²) in [4.78, 5) is 14.8. The lowest BCUT2D eigenvalue weighted by Crippen LogP contribution is -2.05. The molecule has 0 aliphatic rings. The molecule has 1 heterocycles. The number of pyridine rings is 1. The van der Waals surface area contributed by atoms with Crippen LogP contribution in [0.25, 0.3) is 0 Å². The molecule has 0 fully saturated rings. The van der Waals surface area contributed by atoms with Crippen LogP contribution in [-0.2, 0) is 6.42 Å². The average molecular weight is 258 g/mol. The Kier molecular flexibility index (Phi) is 3.97. The maximum Gasteiger partial charge on any atom is 0.337 e. The molecule has 0 radical (unpaired) electrons. The third kappa shape index (κ3) is 3.45. The summed E-state index contributed by atoms with van der Waals surface area (Å²) < 4.78 is 5.52. The Bertz CT molecular complexity index is 570. The number of carboxylic acids is 1. The van der Waals surface area contributed by atoms with Gasteiger partial charge in [-0.25, -0.2) is 4.79 Å². The van der Waals surface area contributed by atoms with E-state index in [1.54, 1.807) is 18.5 Å². The molecule has 5 nitrogen and oxygen atoms in total. The number of nitrogen functional groups attached to an aromatic ring is 1. The molecule has 1 aromatic carbocycles. The summed E-state index contributed by atoms with van der Waals surface area (Å²) in [5.74, 6) is -0.481. The summed E-state index contributed by atoms with van der Waals surface area (Å²) in [6, 6.07) is 8.40. The van der Waals surface area contributed by atoms with Crippen molar-refractivity contribution in [2.75, 3.05) is 12.3 Å². The minimum Gasteiger partial charge on any atom is -0.493 e. The molecule has 0 amide bonds. The molecule has 0 saturated heterocycles. The Morgan fingerprint density at radius 2 is 2.21 bits per heavy atom. The molecule has 0 unspecified atom stereocenters. The molecule has 5 heteroatoms. The van der Waals surface area contributed by atoms with E-state index in [1.807, 2.05) is 12.1 Å². The molecule has 3 N–H and O–H groups in total. The van der Waals surface area contributed by atoms with E-state index in [9.17, 15) is 4.79 Å². The van der Waals surface area contributed by atoms with Gasteiger partial charge in [-0.15, -0.1) is 0 Å². The first kappa shape index (κ1) is 12.9. The van der Waals surface area contributed by atoms with Crippen LogP contribution in [0.3, 0.4) is 0 Å². The fourth-order valence-electron chi connectivity index (χ4n) is 1.66. The lowest BCUT2D eigenvalue weighted by molar-refractivity contribution is 0.0698. The van der Waals surface area contributed by atoms with Crippen LogP contribution in [0.4, 0.5) is 5.69 Å². The molecule has 2 aromatic rings. The highest BCUT2D eigenvalue weighted by Gasteiger charge is 2.08. The van der Waals surface area contributed by atoms with Crippen molar-refractivity contribution < 1.29 is 14.6 Å². The fraction of sp³-hybridized carbons (Fsp3) is 0.143. The number of nitrogens with two attached hydrogens (primary N) is 1. The molecule has 1 aromatic heterocycles. The van der Waals surface area contributed by atoms with Crippen LogP contribution < -0.4 is 10.5 Å². The Morgan fingerprint density at radius 3 is 2.84 bits per heavy atom. The van der Waals surface area contributed by atoms with Gasteiger partial charge in [-0.1, -0.05) is 6.07 Å². The number of ether oxygens (including phenoxy) is 1. The van der Waals surface area contributed by atoms with Crippen molar-refractivity contribution in [3.8, 4) is 5.75 Å². The first-order valence-electron chi connectivity index (χ1n) is 5.81. The maximum atomic E-state index is 10.8. The van der Waals surface area contributed by atoms with Gasteiger partial charge < -0.3 is 15.6 Å². The van der Waals surface area contributed by atoms with Crippen molar-refractivity contribution in [2.45, 2.75) is 6.42 Å². The van der Waals surface area contributed by atoms with Gasteiger partial charge in [0.25, 0.3) is 0 Å². The molecule has 2 rings (SSSR count). The second kappa shape index (κ2) is 5.86. The first-order valence-corrected chi connectivity index (χ1v) is 5.81. The van der Waals surface area contributed by atoms with Gasteiger partial charge >= 0.3 is 5.97 Å². The Hall–Kier alpha value is -2.56. The predicted molar refractivity (Wildman–Crippen MR) is 71.2 cm³/mol. The lowest BCUT2D eigenvalue weighted by atomic mass is 10.2. The highest BCUT2D eigenvalue weighted by atomic mass is 16.5. The van der Waals surface area contributed by atoms with Crippen LogP contribution in [0.2, 0.25) is 0 Å². The molecular weight excluding hydrogens is 244 g/mol. The van der Waals surface area contributed by atoms with E-state index < -0.39 is 5.97 Å². The zero-order valence-electron chi connectivity index (χ0n) is 10.2. The minimum absolute atomic E-state index is 0.0830. The van der Waals surface area contributed by atoms with Crippen molar-refractivity contribution in [3.63, 3.8) is 0 Å². The quantitative estimate of drug-likeness (QED) is 0.801. The van der Waals surface area contributed by atoms with E-state index in [1.165, 1.54) is 12.1 Å². The van der Waals surface area contributed by atoms with Crippen LogP contribution in [-0.4, -0.2) is 22.7 Å². The minimum atomic E-state index is -1.04. The van der Waals surface area contributed by atoms with Crippen molar-refractivity contribution in [1.82, 2.24) is 4.98 Å². The van der Waals surface area contributed by atoms with Crippen LogP contribution in [0.5, 0.6) is 5.75 Å². The molecule has 0 spiro atoms. The molecule has 0 saturated carbocycles. The third-order valence-electron chi connectivity index (χ3n) is 2.64. The molecule has 0 atom stereocenters. The van der Waals surface area contributed by atoms with E-state index in [2.05, 4.69) is 4.98 Å². The molecule has 0 aliphatic carbocycles. The summed E-state index contributed by atoms with van der Waals surface area (Å²) in [6.07, 6.45) is 4.23. The van der Waals surface area contributed by atoms with Crippen LogP contribution >= 0.6 is 0 Å². The average Bonchev–Trinajstić information content (AvgIpc) is 2.39. The first-order chi connectivity index (χ1) is 9.16. The largest absolute Gasteiger partial charge is 0.493 e. The van der Waals surface area contributed by atoms with E-state index >= 15 is 0 Å². The molecule has 0 bridgehead atoms. The zero-order chi connectivity index (χ0) is 13.7. The Balaban J connectivity index is 1.93. The van der Waals surface area contributed by atoms with Crippen molar-refractivity contribution in [2.24, 2.45) is 0 Å². The number of anilines is 1. The number of benzene rings is 1. The maximum absolute atomic E-state index is 10.8. The predicted octanol–water partition coefficient (Wildman–Crippen LogP) is 1.98. The highest BCUT2D eigenvalue weighted by molar-refractivity contribution is 5.93. The second-order valence-corrected chi connectivity index (χ2v) is 4.01. The number of carboxylic acid groups (broad SMARTS) is 1. The van der Waals surface area contributed by atoms with Gasteiger partial charge in [0, 0.05) is 30.6 Å². The van der Waals surface area contributed by atoms with Crippen molar-refractivity contribution in [1.29, 1.82) is 0 Å². The van der Waals surface area contributed by atoms with Crippen LogP contribution in [0, 0.1) is 0 Å². The van der Waals surface area contributed by atoms with Gasteiger partial charge in [0.05, 0.1) is 12.2 Å². The topological polar surface area (TPSA) is 85.4 Å². The number of nitrogens with zero attached hydrogens (tertiary/aromatic N) is 1. The highest BCUT2D eigenvalue weighted by Crippen LogP contribution is 2.20. The normalized spacial score (nSPS) is 10.1. The van der Waals surface area contributed by atoms with Gasteiger partial charge in [-0.3, -0.25) is 4.98 Å². The smallest absolute Gasteiger partial charge is 0.337 e. The van der Waals surface area contributed by atoms with Gasteiger partial charge in [-0.2, -0.15) is 0 Å². The third-order valence-corrected chi connectivity index (χ3v) is 2.64. The number of hydrogen-bond acceptors (Lipinski definition) is 4. The summed E-state index contributed by atoms with van der Waals surface area (Å²) >= 11 is 0. The van der Waals surface area contributed by atoms with Gasteiger partial charge in [-0.05, 0) is 23.8 Å². The summed E-state index contributed by atoms with van der Waals surface area (Å²) in [7, 11) is 0. The van der Waals surface area contributed by atoms with Gasteiger partial charge in [0.2, 0.25) is 0 Å². The molecule has 98 valence electrons. The van der Waals surface area contributed by atoms with E-state index in [0.717, 1.165) is 12.0 Å². The fourth-order valence-corrected chi connectivity index (χ4v) is 1.66. The second-order valence-electron chi connectivity index (χ2n) is 4.01. The SMILES string of the molecule is Nc1cc(OCCc2cccnc2)ccc1C(=O)O. The molecule has 0 aliphatic heterocycles. The summed E-state index contributed by atoms with van der Waals surface area (Å²) in [5, 5.41) is 8.85. The lowest BCUT2D eigenvalue weighted by Gasteiger charge is -2.08.